The van der Waals surface area contributed by atoms with Crippen molar-refractivity contribution in [1.82, 2.24) is 0 Å². The normalized spacial score (nSPS) is 12.4. The van der Waals surface area contributed by atoms with E-state index in [1.165, 1.54) is 6.21 Å². The molecule has 0 amide bonds. The number of rotatable bonds is 9. The summed E-state index contributed by atoms with van der Waals surface area (Å²) in [7, 11) is 1.58. The van der Waals surface area contributed by atoms with Gasteiger partial charge in [-0.25, -0.2) is 4.79 Å². The molecule has 0 radical (unpaired) electrons. The maximum absolute atomic E-state index is 12.1. The molecule has 0 saturated carbocycles. The Hall–Kier alpha value is -2.17. The van der Waals surface area contributed by atoms with E-state index in [2.05, 4.69) is 4.99 Å². The lowest BCUT2D eigenvalue weighted by molar-refractivity contribution is -0.144. The molecule has 5 heteroatoms. The molecule has 23 heavy (non-hydrogen) atoms. The number of hydrogen-bond donors (Lipinski definition) is 0. The molecule has 0 saturated heterocycles. The highest BCUT2D eigenvalue weighted by atomic mass is 16.5. The highest BCUT2D eigenvalue weighted by molar-refractivity contribution is 6.03. The molecule has 0 unspecified atom stereocenters. The molecule has 1 aromatic carbocycles. The fourth-order valence-electron chi connectivity index (χ4n) is 2.06. The third kappa shape index (κ3) is 6.63. The minimum atomic E-state index is -0.543. The van der Waals surface area contributed by atoms with E-state index < -0.39 is 6.04 Å². The van der Waals surface area contributed by atoms with Crippen LogP contribution >= 0.6 is 0 Å². The van der Waals surface area contributed by atoms with Gasteiger partial charge in [0.25, 0.3) is 0 Å². The van der Waals surface area contributed by atoms with Crippen molar-refractivity contribution in [2.24, 2.45) is 10.9 Å². The number of ketones is 1. The lowest BCUT2D eigenvalue weighted by Gasteiger charge is -2.13. The van der Waals surface area contributed by atoms with Crippen molar-refractivity contribution in [3.8, 4) is 5.75 Å². The fraction of sp³-hybridized carbons (Fsp3) is 0.500. The van der Waals surface area contributed by atoms with Crippen LogP contribution < -0.4 is 4.74 Å². The van der Waals surface area contributed by atoms with Gasteiger partial charge in [0.15, 0.2) is 5.78 Å². The average Bonchev–Trinajstić information content (AvgIpc) is 2.53. The topological polar surface area (TPSA) is 65.0 Å². The number of carbonyl (C=O) groups is 2. The maximum Gasteiger partial charge on any atom is 0.330 e. The molecule has 5 nitrogen and oxygen atoms in total. The van der Waals surface area contributed by atoms with Crippen molar-refractivity contribution in [2.75, 3.05) is 13.7 Å². The monoisotopic (exact) mass is 319 g/mol. The van der Waals surface area contributed by atoms with E-state index in [9.17, 15) is 9.59 Å². The van der Waals surface area contributed by atoms with Gasteiger partial charge >= 0.3 is 5.97 Å². The van der Waals surface area contributed by atoms with Crippen LogP contribution in [0.1, 0.15) is 44.0 Å². The average molecular weight is 319 g/mol. The molecular formula is C18H25NO4. The van der Waals surface area contributed by atoms with E-state index in [0.717, 1.165) is 0 Å². The van der Waals surface area contributed by atoms with Gasteiger partial charge in [-0.1, -0.05) is 13.8 Å². The van der Waals surface area contributed by atoms with Crippen LogP contribution in [0.5, 0.6) is 5.75 Å². The number of aliphatic imine (C=N–C) groups is 1. The first-order valence-corrected chi connectivity index (χ1v) is 7.83. The van der Waals surface area contributed by atoms with E-state index in [4.69, 9.17) is 9.47 Å². The van der Waals surface area contributed by atoms with Crippen LogP contribution in [0, 0.1) is 5.92 Å². The van der Waals surface area contributed by atoms with Crippen LogP contribution in [-0.2, 0) is 9.53 Å². The largest absolute Gasteiger partial charge is 0.497 e. The fourth-order valence-corrected chi connectivity index (χ4v) is 2.06. The molecule has 1 rings (SSSR count). The number of hydrogen-bond acceptors (Lipinski definition) is 5. The Morgan fingerprint density at radius 2 is 1.87 bits per heavy atom. The summed E-state index contributed by atoms with van der Waals surface area (Å²) in [6, 6.07) is 6.37. The summed E-state index contributed by atoms with van der Waals surface area (Å²) in [5.74, 6) is 0.631. The molecule has 0 bridgehead atoms. The molecule has 0 aliphatic rings. The SMILES string of the molecule is CCOC(=O)[C@H](CC(C)C)N=CCC(=O)c1ccc(OC)cc1. The van der Waals surface area contributed by atoms with Crippen molar-refractivity contribution < 1.29 is 19.1 Å². The lowest BCUT2D eigenvalue weighted by atomic mass is 10.0. The van der Waals surface area contributed by atoms with E-state index >= 15 is 0 Å². The summed E-state index contributed by atoms with van der Waals surface area (Å²) in [4.78, 5) is 28.2. The zero-order chi connectivity index (χ0) is 17.2. The molecule has 126 valence electrons. The molecule has 0 fully saturated rings. The molecule has 0 heterocycles. The minimum Gasteiger partial charge on any atom is -0.497 e. The van der Waals surface area contributed by atoms with Gasteiger partial charge in [-0.2, -0.15) is 0 Å². The van der Waals surface area contributed by atoms with E-state index in [1.807, 2.05) is 13.8 Å². The smallest absolute Gasteiger partial charge is 0.330 e. The van der Waals surface area contributed by atoms with Gasteiger partial charge in [0.2, 0.25) is 0 Å². The molecule has 0 aromatic heterocycles. The number of esters is 1. The number of methoxy groups -OCH3 is 1. The third-order valence-electron chi connectivity index (χ3n) is 3.23. The molecule has 0 N–H and O–H groups in total. The summed E-state index contributed by atoms with van der Waals surface area (Å²) in [6.07, 6.45) is 2.27. The standard InChI is InChI=1S/C18H25NO4/c1-5-23-18(21)16(12-13(2)3)19-11-10-17(20)14-6-8-15(22-4)9-7-14/h6-9,11,13,16H,5,10,12H2,1-4H3/t16-/m0/s1. The van der Waals surface area contributed by atoms with Gasteiger partial charge in [0.1, 0.15) is 11.8 Å². The van der Waals surface area contributed by atoms with Gasteiger partial charge in [0, 0.05) is 18.2 Å². The summed E-state index contributed by atoms with van der Waals surface area (Å²) in [6.45, 7) is 6.13. The zero-order valence-corrected chi connectivity index (χ0v) is 14.2. The van der Waals surface area contributed by atoms with Gasteiger partial charge < -0.3 is 9.47 Å². The summed E-state index contributed by atoms with van der Waals surface area (Å²) < 4.78 is 10.1. The van der Waals surface area contributed by atoms with Gasteiger partial charge in [-0.3, -0.25) is 9.79 Å². The number of benzene rings is 1. The second-order valence-corrected chi connectivity index (χ2v) is 5.58. The molecule has 0 aliphatic heterocycles. The van der Waals surface area contributed by atoms with E-state index in [0.29, 0.717) is 30.3 Å². The third-order valence-corrected chi connectivity index (χ3v) is 3.23. The molecule has 1 atom stereocenters. The minimum absolute atomic E-state index is 0.0523. The molecule has 1 aromatic rings. The number of nitrogens with zero attached hydrogens (tertiary/aromatic N) is 1. The van der Waals surface area contributed by atoms with Crippen molar-refractivity contribution in [3.05, 3.63) is 29.8 Å². The van der Waals surface area contributed by atoms with E-state index in [-0.39, 0.29) is 18.2 Å². The zero-order valence-electron chi connectivity index (χ0n) is 14.2. The first-order valence-electron chi connectivity index (χ1n) is 7.83. The highest BCUT2D eigenvalue weighted by Crippen LogP contribution is 2.13. The van der Waals surface area contributed by atoms with Crippen molar-refractivity contribution in [1.29, 1.82) is 0 Å². The Morgan fingerprint density at radius 3 is 2.39 bits per heavy atom. The maximum atomic E-state index is 12.1. The molecular weight excluding hydrogens is 294 g/mol. The second-order valence-electron chi connectivity index (χ2n) is 5.58. The molecule has 0 aliphatic carbocycles. The molecule has 0 spiro atoms. The number of Topliss-reactive ketones (excluding diaryl/α,β-unsaturated/α-hetero) is 1. The second kappa shape index (κ2) is 9.77. The van der Waals surface area contributed by atoms with Gasteiger partial charge in [0.05, 0.1) is 13.7 Å². The van der Waals surface area contributed by atoms with Crippen LogP contribution in [0.2, 0.25) is 0 Å². The Morgan fingerprint density at radius 1 is 1.22 bits per heavy atom. The van der Waals surface area contributed by atoms with E-state index in [1.54, 1.807) is 38.3 Å². The Labute approximate surface area is 137 Å². The first kappa shape index (κ1) is 18.9. The quantitative estimate of drug-likeness (QED) is 0.398. The van der Waals surface area contributed by atoms with Crippen LogP contribution in [0.4, 0.5) is 0 Å². The lowest BCUT2D eigenvalue weighted by Crippen LogP contribution is -2.23. The summed E-state index contributed by atoms with van der Waals surface area (Å²) >= 11 is 0. The Balaban J connectivity index is 2.65. The predicted molar refractivity (Wildman–Crippen MR) is 90.3 cm³/mol. The Kier molecular flexibility index (Phi) is 8.02. The van der Waals surface area contributed by atoms with Gasteiger partial charge in [-0.05, 0) is 43.5 Å². The first-order chi connectivity index (χ1) is 11.0. The van der Waals surface area contributed by atoms with Crippen LogP contribution in [0.25, 0.3) is 0 Å². The Bertz CT molecular complexity index is 534. The number of carbonyl (C=O) groups excluding carboxylic acids is 2. The van der Waals surface area contributed by atoms with Crippen molar-refractivity contribution in [3.63, 3.8) is 0 Å². The highest BCUT2D eigenvalue weighted by Gasteiger charge is 2.19. The predicted octanol–water partition coefficient (Wildman–Crippen LogP) is 3.32. The van der Waals surface area contributed by atoms with Crippen LogP contribution in [-0.4, -0.2) is 37.7 Å². The van der Waals surface area contributed by atoms with Crippen molar-refractivity contribution in [2.45, 2.75) is 39.7 Å². The van der Waals surface area contributed by atoms with Crippen molar-refractivity contribution >= 4 is 18.0 Å². The van der Waals surface area contributed by atoms with Crippen LogP contribution in [0.15, 0.2) is 29.3 Å². The summed E-state index contributed by atoms with van der Waals surface area (Å²) in [5.41, 5.74) is 0.591. The summed E-state index contributed by atoms with van der Waals surface area (Å²) in [5, 5.41) is 0. The van der Waals surface area contributed by atoms with Gasteiger partial charge in [-0.15, -0.1) is 0 Å². The van der Waals surface area contributed by atoms with Crippen LogP contribution in [0.3, 0.4) is 0 Å². The number of ether oxygens (including phenoxy) is 2.